The van der Waals surface area contributed by atoms with Crippen molar-refractivity contribution in [2.24, 2.45) is 4.99 Å². The zero-order chi connectivity index (χ0) is 23.7. The number of carbonyl (C=O) groups is 2. The van der Waals surface area contributed by atoms with Gasteiger partial charge in [0.1, 0.15) is 0 Å². The van der Waals surface area contributed by atoms with Crippen molar-refractivity contribution < 1.29 is 9.59 Å². The highest BCUT2D eigenvalue weighted by molar-refractivity contribution is 8.16. The predicted octanol–water partition coefficient (Wildman–Crippen LogP) is 5.22. The van der Waals surface area contributed by atoms with Crippen molar-refractivity contribution in [1.29, 1.82) is 0 Å². The molecule has 1 fully saturated rings. The molecule has 34 heavy (non-hydrogen) atoms. The monoisotopic (exact) mass is 472 g/mol. The molecule has 5 rings (SSSR count). The number of aryl methyl sites for hydroxylation is 1. The largest absolute Gasteiger partial charge is 0.342 e. The van der Waals surface area contributed by atoms with Crippen LogP contribution in [0.25, 0.3) is 0 Å². The molecule has 1 unspecified atom stereocenters. The Labute approximate surface area is 204 Å². The number of amides is 2. The summed E-state index contributed by atoms with van der Waals surface area (Å²) in [4.78, 5) is 35.4. The van der Waals surface area contributed by atoms with Crippen molar-refractivity contribution in [3.63, 3.8) is 0 Å². The van der Waals surface area contributed by atoms with Crippen LogP contribution in [0.3, 0.4) is 0 Å². The number of para-hydroxylation sites is 1. The number of aliphatic imine (C=N–C) groups is 1. The molecule has 0 saturated carbocycles. The van der Waals surface area contributed by atoms with E-state index in [0.717, 1.165) is 53.6 Å². The highest BCUT2D eigenvalue weighted by Gasteiger charge is 2.41. The van der Waals surface area contributed by atoms with Gasteiger partial charge in [0.25, 0.3) is 5.91 Å². The Morgan fingerprint density at radius 3 is 2.56 bits per heavy atom. The number of hydrogen-bond acceptors (Lipinski definition) is 5. The summed E-state index contributed by atoms with van der Waals surface area (Å²) in [6, 6.07) is 17.3. The number of nitrogens with zero attached hydrogens (tertiary/aromatic N) is 3. The maximum Gasteiger partial charge on any atom is 0.255 e. The number of anilines is 1. The molecular weight excluding hydrogens is 444 g/mol. The van der Waals surface area contributed by atoms with E-state index in [1.54, 1.807) is 0 Å². The topological polar surface area (TPSA) is 65.0 Å². The second-order valence-electron chi connectivity index (χ2n) is 8.89. The fourth-order valence-corrected chi connectivity index (χ4v) is 5.73. The summed E-state index contributed by atoms with van der Waals surface area (Å²) in [5.41, 5.74) is 5.05. The van der Waals surface area contributed by atoms with Gasteiger partial charge in [-0.15, -0.1) is 0 Å². The molecule has 6 nitrogen and oxygen atoms in total. The van der Waals surface area contributed by atoms with Crippen LogP contribution in [0, 0.1) is 6.92 Å². The standard InChI is InChI=1S/C27H28N4O2S/c1-18-9-8-10-20(15-18)25-24(26(33)29-21-11-4-3-5-12-21)19(2)28-27-31(25)22(17-34-27)16-23(32)30-13-6-7-14-30/h3-5,8-12,15,17,25H,6-7,13-14,16H2,1-2H3,(H,29,33). The number of allylic oxidation sites excluding steroid dienone is 1. The summed E-state index contributed by atoms with van der Waals surface area (Å²) in [6.07, 6.45) is 2.43. The van der Waals surface area contributed by atoms with Crippen LogP contribution in [0.2, 0.25) is 0 Å². The average molecular weight is 473 g/mol. The van der Waals surface area contributed by atoms with Gasteiger partial charge in [-0.1, -0.05) is 59.8 Å². The van der Waals surface area contributed by atoms with Crippen LogP contribution in [0.5, 0.6) is 0 Å². The van der Waals surface area contributed by atoms with E-state index >= 15 is 0 Å². The minimum Gasteiger partial charge on any atom is -0.342 e. The first-order valence-corrected chi connectivity index (χ1v) is 12.5. The Bertz CT molecular complexity index is 1210. The Balaban J connectivity index is 1.51. The Hall–Kier alpha value is -3.32. The van der Waals surface area contributed by atoms with Gasteiger partial charge in [-0.2, -0.15) is 0 Å². The van der Waals surface area contributed by atoms with E-state index in [9.17, 15) is 9.59 Å². The maximum absolute atomic E-state index is 13.6. The van der Waals surface area contributed by atoms with E-state index in [-0.39, 0.29) is 17.9 Å². The number of amidine groups is 1. The molecule has 3 heterocycles. The molecule has 2 aromatic rings. The molecule has 0 bridgehead atoms. The minimum absolute atomic E-state index is 0.134. The van der Waals surface area contributed by atoms with E-state index in [1.165, 1.54) is 11.8 Å². The van der Waals surface area contributed by atoms with Gasteiger partial charge in [-0.3, -0.25) is 9.59 Å². The molecule has 0 aliphatic carbocycles. The van der Waals surface area contributed by atoms with Gasteiger partial charge >= 0.3 is 0 Å². The van der Waals surface area contributed by atoms with E-state index in [2.05, 4.69) is 16.3 Å². The molecule has 2 amide bonds. The van der Waals surface area contributed by atoms with Crippen molar-refractivity contribution in [2.45, 2.75) is 39.2 Å². The molecule has 1 saturated heterocycles. The number of benzene rings is 2. The number of hydrogen-bond donors (Lipinski definition) is 1. The molecule has 0 spiro atoms. The first-order valence-electron chi connectivity index (χ1n) is 11.7. The van der Waals surface area contributed by atoms with Gasteiger partial charge in [0.05, 0.1) is 23.7 Å². The van der Waals surface area contributed by atoms with Crippen LogP contribution in [-0.4, -0.2) is 39.9 Å². The third-order valence-corrected chi connectivity index (χ3v) is 7.31. The van der Waals surface area contributed by atoms with Gasteiger partial charge in [0, 0.05) is 24.5 Å². The highest BCUT2D eigenvalue weighted by Crippen LogP contribution is 2.45. The summed E-state index contributed by atoms with van der Waals surface area (Å²) in [7, 11) is 0. The van der Waals surface area contributed by atoms with Gasteiger partial charge in [-0.05, 0) is 49.8 Å². The van der Waals surface area contributed by atoms with Crippen molar-refractivity contribution in [1.82, 2.24) is 9.80 Å². The lowest BCUT2D eigenvalue weighted by Gasteiger charge is -2.37. The van der Waals surface area contributed by atoms with Gasteiger partial charge in [0.15, 0.2) is 5.17 Å². The smallest absolute Gasteiger partial charge is 0.255 e. The van der Waals surface area contributed by atoms with E-state index in [4.69, 9.17) is 4.99 Å². The molecular formula is C27H28N4O2S. The SMILES string of the molecule is CC1=C(C(=O)Nc2ccccc2)C(c2cccc(C)c2)N2C(CC(=O)N3CCCC3)=CSC2=N1. The molecule has 2 aromatic carbocycles. The molecule has 174 valence electrons. The first-order chi connectivity index (χ1) is 16.5. The first kappa shape index (κ1) is 22.5. The fourth-order valence-electron chi connectivity index (χ4n) is 4.77. The molecule has 0 radical (unpaired) electrons. The average Bonchev–Trinajstić information content (AvgIpc) is 3.49. The lowest BCUT2D eigenvalue weighted by atomic mass is 9.92. The minimum atomic E-state index is -0.358. The molecule has 1 atom stereocenters. The number of thioether (sulfide) groups is 1. The van der Waals surface area contributed by atoms with Crippen LogP contribution in [0.4, 0.5) is 5.69 Å². The Kier molecular flexibility index (Phi) is 6.28. The van der Waals surface area contributed by atoms with Gasteiger partial charge in [0.2, 0.25) is 5.91 Å². The Morgan fingerprint density at radius 2 is 1.82 bits per heavy atom. The molecule has 3 aliphatic rings. The molecule has 1 N–H and O–H groups in total. The number of likely N-dealkylation sites (tertiary alicyclic amines) is 1. The van der Waals surface area contributed by atoms with Crippen molar-refractivity contribution in [3.05, 3.63) is 88.1 Å². The van der Waals surface area contributed by atoms with Crippen LogP contribution in [0.15, 0.2) is 82.0 Å². The molecule has 7 heteroatoms. The highest BCUT2D eigenvalue weighted by atomic mass is 32.2. The van der Waals surface area contributed by atoms with Crippen molar-refractivity contribution in [2.75, 3.05) is 18.4 Å². The second kappa shape index (κ2) is 9.50. The van der Waals surface area contributed by atoms with Crippen LogP contribution < -0.4 is 5.32 Å². The van der Waals surface area contributed by atoms with Gasteiger partial charge < -0.3 is 15.1 Å². The van der Waals surface area contributed by atoms with E-state index in [0.29, 0.717) is 17.7 Å². The number of fused-ring (bicyclic) bond motifs is 1. The van der Waals surface area contributed by atoms with Crippen molar-refractivity contribution >= 4 is 34.4 Å². The summed E-state index contributed by atoms with van der Waals surface area (Å²) >= 11 is 1.52. The van der Waals surface area contributed by atoms with Crippen molar-refractivity contribution in [3.8, 4) is 0 Å². The number of nitrogens with one attached hydrogen (secondary N) is 1. The summed E-state index contributed by atoms with van der Waals surface area (Å²) in [6.45, 7) is 5.59. The Morgan fingerprint density at radius 1 is 1.06 bits per heavy atom. The van der Waals surface area contributed by atoms with Crippen LogP contribution >= 0.6 is 11.8 Å². The zero-order valence-electron chi connectivity index (χ0n) is 19.5. The zero-order valence-corrected chi connectivity index (χ0v) is 20.3. The van der Waals surface area contributed by atoms with E-state index in [1.807, 2.05) is 72.7 Å². The third-order valence-electron chi connectivity index (χ3n) is 6.43. The predicted molar refractivity (Wildman–Crippen MR) is 137 cm³/mol. The van der Waals surface area contributed by atoms with Crippen LogP contribution in [-0.2, 0) is 9.59 Å². The molecule has 3 aliphatic heterocycles. The third kappa shape index (κ3) is 4.40. The lowest BCUT2D eigenvalue weighted by Crippen LogP contribution is -2.39. The quantitative estimate of drug-likeness (QED) is 0.648. The lowest BCUT2D eigenvalue weighted by molar-refractivity contribution is -0.129. The van der Waals surface area contributed by atoms with E-state index < -0.39 is 0 Å². The fraction of sp³-hybridized carbons (Fsp3) is 0.296. The maximum atomic E-state index is 13.6. The van der Waals surface area contributed by atoms with Crippen LogP contribution in [0.1, 0.15) is 43.4 Å². The normalized spacial score (nSPS) is 19.6. The number of carbonyl (C=O) groups excluding carboxylic acids is 2. The summed E-state index contributed by atoms with van der Waals surface area (Å²) in [5, 5.41) is 5.87. The summed E-state index contributed by atoms with van der Waals surface area (Å²) < 4.78 is 0. The number of rotatable bonds is 5. The van der Waals surface area contributed by atoms with Gasteiger partial charge in [-0.25, -0.2) is 4.99 Å². The second-order valence-corrected chi connectivity index (χ2v) is 9.73. The molecule has 0 aromatic heterocycles. The summed E-state index contributed by atoms with van der Waals surface area (Å²) in [5.74, 6) is -0.0460.